The molecule has 0 amide bonds. The minimum Gasteiger partial charge on any atom is -0.507 e. The zero-order chi connectivity index (χ0) is 19.4. The summed E-state index contributed by atoms with van der Waals surface area (Å²) in [6, 6.07) is 10.5. The largest absolute Gasteiger partial charge is 0.507 e. The third kappa shape index (κ3) is 3.66. The number of non-ortho nitro benzene ring substituents is 1. The van der Waals surface area contributed by atoms with E-state index in [1.807, 2.05) is 0 Å². The Kier molecular flexibility index (Phi) is 4.93. The maximum Gasteiger partial charge on any atom is 0.270 e. The smallest absolute Gasteiger partial charge is 0.270 e. The van der Waals surface area contributed by atoms with Gasteiger partial charge in [-0.3, -0.25) is 19.5 Å². The molecule has 1 heterocycles. The van der Waals surface area contributed by atoms with Crippen LogP contribution >= 0.6 is 0 Å². The van der Waals surface area contributed by atoms with Crippen molar-refractivity contribution < 1.29 is 10.0 Å². The summed E-state index contributed by atoms with van der Waals surface area (Å²) in [5.74, 6) is 0.0147. The highest BCUT2D eigenvalue weighted by molar-refractivity contribution is 5.85. The molecule has 1 aromatic heterocycles. The van der Waals surface area contributed by atoms with Gasteiger partial charge in [-0.05, 0) is 18.2 Å². The second kappa shape index (κ2) is 7.48. The van der Waals surface area contributed by atoms with E-state index in [2.05, 4.69) is 22.1 Å². The zero-order valence-corrected chi connectivity index (χ0v) is 14.1. The molecule has 27 heavy (non-hydrogen) atoms. The average molecular weight is 365 g/mol. The molecular weight excluding hydrogens is 350 g/mol. The molecule has 3 aromatic rings. The van der Waals surface area contributed by atoms with Crippen LogP contribution in [0.3, 0.4) is 0 Å². The fourth-order valence-electron chi connectivity index (χ4n) is 2.47. The molecule has 0 aliphatic heterocycles. The van der Waals surface area contributed by atoms with Gasteiger partial charge in [0.25, 0.3) is 11.2 Å². The van der Waals surface area contributed by atoms with Crippen LogP contribution in [0.25, 0.3) is 10.9 Å². The number of hydrogen-bond donors (Lipinski definition) is 2. The van der Waals surface area contributed by atoms with Crippen molar-refractivity contribution in [2.24, 2.45) is 5.10 Å². The third-order valence-corrected chi connectivity index (χ3v) is 3.76. The standard InChI is InChI=1S/C18H15N5O4/c1-2-9-22-17(25)14-5-3-4-6-15(14)20-18(22)21-19-11-12-10-13(23(26)27)7-8-16(12)24/h2-8,10-11,24H,1,9H2,(H,20,21). The Hall–Kier alpha value is -4.01. The molecule has 0 bridgehead atoms. The maximum absolute atomic E-state index is 12.6. The molecule has 0 aliphatic carbocycles. The van der Waals surface area contributed by atoms with Crippen LogP contribution < -0.4 is 11.0 Å². The predicted octanol–water partition coefficient (Wildman–Crippen LogP) is 2.64. The van der Waals surface area contributed by atoms with Crippen LogP contribution in [0.5, 0.6) is 5.75 Å². The van der Waals surface area contributed by atoms with Gasteiger partial charge in [0.15, 0.2) is 0 Å². The summed E-state index contributed by atoms with van der Waals surface area (Å²) in [6.07, 6.45) is 2.76. The number of nitro groups is 1. The summed E-state index contributed by atoms with van der Waals surface area (Å²) in [6.45, 7) is 3.85. The van der Waals surface area contributed by atoms with Gasteiger partial charge >= 0.3 is 0 Å². The lowest BCUT2D eigenvalue weighted by Crippen LogP contribution is -2.23. The predicted molar refractivity (Wildman–Crippen MR) is 102 cm³/mol. The first-order valence-corrected chi connectivity index (χ1v) is 7.88. The SMILES string of the molecule is C=CCn1c(NN=Cc2cc([N+](=O)[O-])ccc2O)nc2ccccc2c1=O. The number of hydrogen-bond acceptors (Lipinski definition) is 7. The molecule has 0 aliphatic rings. The van der Waals surface area contributed by atoms with E-state index in [4.69, 9.17) is 0 Å². The number of aromatic hydroxyl groups is 1. The van der Waals surface area contributed by atoms with E-state index < -0.39 is 4.92 Å². The number of nitrogens with zero attached hydrogens (tertiary/aromatic N) is 4. The highest BCUT2D eigenvalue weighted by Crippen LogP contribution is 2.21. The van der Waals surface area contributed by atoms with Gasteiger partial charge in [0.05, 0.1) is 22.0 Å². The number of aromatic nitrogens is 2. The molecule has 0 radical (unpaired) electrons. The number of para-hydroxylation sites is 1. The van der Waals surface area contributed by atoms with Crippen LogP contribution in [-0.4, -0.2) is 25.8 Å². The van der Waals surface area contributed by atoms with Gasteiger partial charge < -0.3 is 5.11 Å². The van der Waals surface area contributed by atoms with E-state index in [0.717, 1.165) is 0 Å². The summed E-state index contributed by atoms with van der Waals surface area (Å²) in [4.78, 5) is 27.3. The Morgan fingerprint density at radius 3 is 2.85 bits per heavy atom. The lowest BCUT2D eigenvalue weighted by Gasteiger charge is -2.10. The molecule has 136 valence electrons. The quantitative estimate of drug-likeness (QED) is 0.300. The molecule has 3 rings (SSSR count). The van der Waals surface area contributed by atoms with E-state index in [1.54, 1.807) is 30.3 Å². The lowest BCUT2D eigenvalue weighted by molar-refractivity contribution is -0.384. The van der Waals surface area contributed by atoms with Crippen molar-refractivity contribution in [3.8, 4) is 5.75 Å². The van der Waals surface area contributed by atoms with E-state index >= 15 is 0 Å². The first-order valence-electron chi connectivity index (χ1n) is 7.88. The minimum absolute atomic E-state index is 0.148. The fraction of sp³-hybridized carbons (Fsp3) is 0.0556. The van der Waals surface area contributed by atoms with Crippen molar-refractivity contribution in [1.29, 1.82) is 0 Å². The van der Waals surface area contributed by atoms with Crippen LogP contribution in [0.1, 0.15) is 5.56 Å². The number of rotatable bonds is 6. The van der Waals surface area contributed by atoms with Gasteiger partial charge in [0.1, 0.15) is 5.75 Å². The van der Waals surface area contributed by atoms with Gasteiger partial charge in [-0.15, -0.1) is 6.58 Å². The lowest BCUT2D eigenvalue weighted by atomic mass is 10.2. The fourth-order valence-corrected chi connectivity index (χ4v) is 2.47. The first-order chi connectivity index (χ1) is 13.0. The number of benzene rings is 2. The highest BCUT2D eigenvalue weighted by atomic mass is 16.6. The molecule has 9 nitrogen and oxygen atoms in total. The van der Waals surface area contributed by atoms with E-state index in [-0.39, 0.29) is 35.1 Å². The molecule has 2 N–H and O–H groups in total. The monoisotopic (exact) mass is 365 g/mol. The molecule has 0 spiro atoms. The number of allylic oxidation sites excluding steroid dienone is 1. The Labute approximate surface area is 153 Å². The van der Waals surface area contributed by atoms with Crippen LogP contribution in [0, 0.1) is 10.1 Å². The number of anilines is 1. The van der Waals surface area contributed by atoms with Crippen LogP contribution in [0.4, 0.5) is 11.6 Å². The Bertz CT molecular complexity index is 1120. The molecular formula is C18H15N5O4. The maximum atomic E-state index is 12.6. The van der Waals surface area contributed by atoms with Crippen molar-refractivity contribution in [3.05, 3.63) is 81.2 Å². The first kappa shape index (κ1) is 17.8. The summed E-state index contributed by atoms with van der Waals surface area (Å²) >= 11 is 0. The average Bonchev–Trinajstić information content (AvgIpc) is 2.66. The van der Waals surface area contributed by atoms with Crippen molar-refractivity contribution in [1.82, 2.24) is 9.55 Å². The number of phenols is 1. The number of nitro benzene ring substituents is 1. The second-order valence-electron chi connectivity index (χ2n) is 5.53. The Balaban J connectivity index is 1.97. The van der Waals surface area contributed by atoms with Crippen molar-refractivity contribution in [2.75, 3.05) is 5.43 Å². The van der Waals surface area contributed by atoms with Crippen molar-refractivity contribution in [2.45, 2.75) is 6.54 Å². The van der Waals surface area contributed by atoms with Gasteiger partial charge in [-0.25, -0.2) is 10.4 Å². The number of hydrazone groups is 1. The molecule has 0 saturated heterocycles. The molecule has 0 atom stereocenters. The van der Waals surface area contributed by atoms with Gasteiger partial charge in [-0.2, -0.15) is 5.10 Å². The molecule has 0 fully saturated rings. The third-order valence-electron chi connectivity index (χ3n) is 3.76. The van der Waals surface area contributed by atoms with E-state index in [0.29, 0.717) is 10.9 Å². The normalized spacial score (nSPS) is 11.0. The number of nitrogens with one attached hydrogen (secondary N) is 1. The molecule has 0 saturated carbocycles. The van der Waals surface area contributed by atoms with Crippen LogP contribution in [0.2, 0.25) is 0 Å². The second-order valence-corrected chi connectivity index (χ2v) is 5.53. The van der Waals surface area contributed by atoms with Gasteiger partial charge in [0.2, 0.25) is 5.95 Å². The Morgan fingerprint density at radius 2 is 2.11 bits per heavy atom. The van der Waals surface area contributed by atoms with Crippen LogP contribution in [0.15, 0.2) is 65.0 Å². The number of phenolic OH excluding ortho intramolecular Hbond substituents is 1. The molecule has 2 aromatic carbocycles. The Morgan fingerprint density at radius 1 is 1.33 bits per heavy atom. The van der Waals surface area contributed by atoms with E-state index in [1.165, 1.54) is 29.0 Å². The molecule has 0 unspecified atom stereocenters. The van der Waals surface area contributed by atoms with Crippen molar-refractivity contribution in [3.63, 3.8) is 0 Å². The summed E-state index contributed by atoms with van der Waals surface area (Å²) < 4.78 is 1.36. The summed E-state index contributed by atoms with van der Waals surface area (Å²) in [5.41, 5.74) is 2.86. The topological polar surface area (TPSA) is 123 Å². The van der Waals surface area contributed by atoms with Crippen LogP contribution in [-0.2, 0) is 6.54 Å². The number of fused-ring (bicyclic) bond motifs is 1. The zero-order valence-electron chi connectivity index (χ0n) is 14.1. The van der Waals surface area contributed by atoms with E-state index in [9.17, 15) is 20.0 Å². The minimum atomic E-state index is -0.573. The highest BCUT2D eigenvalue weighted by Gasteiger charge is 2.10. The van der Waals surface area contributed by atoms with Gasteiger partial charge in [0, 0.05) is 24.2 Å². The van der Waals surface area contributed by atoms with Gasteiger partial charge in [-0.1, -0.05) is 18.2 Å². The summed E-state index contributed by atoms with van der Waals surface area (Å²) in [5, 5.41) is 25.1. The molecule has 9 heteroatoms. The summed E-state index contributed by atoms with van der Waals surface area (Å²) in [7, 11) is 0. The van der Waals surface area contributed by atoms with Crippen molar-refractivity contribution >= 4 is 28.8 Å².